The number of nitrogens with zero attached hydrogens (tertiary/aromatic N) is 1. The van der Waals surface area contributed by atoms with E-state index in [0.29, 0.717) is 5.56 Å². The van der Waals surface area contributed by atoms with E-state index in [2.05, 4.69) is 0 Å². The second-order valence-electron chi connectivity index (χ2n) is 6.33. The first-order valence-corrected chi connectivity index (χ1v) is 9.92. The fourth-order valence-corrected chi connectivity index (χ4v) is 5.00. The third-order valence-electron chi connectivity index (χ3n) is 4.54. The topological polar surface area (TPSA) is 54.5 Å². The molecule has 0 N–H and O–H groups in total. The van der Waals surface area contributed by atoms with Crippen molar-refractivity contribution in [3.63, 3.8) is 0 Å². The smallest absolute Gasteiger partial charge is 0.253 e. The second-order valence-corrected chi connectivity index (χ2v) is 8.63. The van der Waals surface area contributed by atoms with Crippen LogP contribution in [-0.2, 0) is 9.84 Å². The first-order valence-electron chi connectivity index (χ1n) is 8.20. The van der Waals surface area contributed by atoms with Crippen molar-refractivity contribution in [3.8, 4) is 0 Å². The third kappa shape index (κ3) is 3.74. The van der Waals surface area contributed by atoms with Crippen LogP contribution in [0.3, 0.4) is 0 Å². The van der Waals surface area contributed by atoms with Gasteiger partial charge in [0, 0.05) is 24.2 Å². The highest BCUT2D eigenvalue weighted by Gasteiger charge is 2.34. The van der Waals surface area contributed by atoms with Gasteiger partial charge < -0.3 is 4.90 Å². The van der Waals surface area contributed by atoms with E-state index in [-0.39, 0.29) is 36.7 Å². The van der Waals surface area contributed by atoms with Crippen molar-refractivity contribution in [2.75, 3.05) is 18.8 Å². The predicted octanol–water partition coefficient (Wildman–Crippen LogP) is 3.14. The number of carbonyl (C=O) groups excluding carboxylic acids is 1. The van der Waals surface area contributed by atoms with E-state index < -0.39 is 20.9 Å². The number of aryl methyl sites for hydroxylation is 1. The summed E-state index contributed by atoms with van der Waals surface area (Å²) in [6, 6.07) is 13.2. The normalized spacial score (nSPS) is 20.1. The SMILES string of the molecule is Cc1cccc(C(=O)N2CCC(c3ccccc3F)S(=O)(=O)CC2)c1. The molecular weight excluding hydrogens is 341 g/mol. The Bertz CT molecular complexity index is 895. The molecule has 3 rings (SSSR count). The molecule has 0 radical (unpaired) electrons. The summed E-state index contributed by atoms with van der Waals surface area (Å²) in [5.74, 6) is -0.869. The van der Waals surface area contributed by atoms with Crippen LogP contribution in [0.2, 0.25) is 0 Å². The Morgan fingerprint density at radius 1 is 1.12 bits per heavy atom. The number of sulfone groups is 1. The van der Waals surface area contributed by atoms with Crippen LogP contribution in [0.15, 0.2) is 48.5 Å². The van der Waals surface area contributed by atoms with Crippen molar-refractivity contribution in [2.45, 2.75) is 18.6 Å². The Morgan fingerprint density at radius 3 is 2.60 bits per heavy atom. The van der Waals surface area contributed by atoms with Crippen molar-refractivity contribution < 1.29 is 17.6 Å². The van der Waals surface area contributed by atoms with Crippen LogP contribution in [-0.4, -0.2) is 38.1 Å². The molecule has 1 heterocycles. The summed E-state index contributed by atoms with van der Waals surface area (Å²) in [5.41, 5.74) is 1.70. The first-order chi connectivity index (χ1) is 11.9. The van der Waals surface area contributed by atoms with Gasteiger partial charge in [0.25, 0.3) is 5.91 Å². The monoisotopic (exact) mass is 361 g/mol. The van der Waals surface area contributed by atoms with Crippen LogP contribution >= 0.6 is 0 Å². The van der Waals surface area contributed by atoms with E-state index in [1.165, 1.54) is 18.2 Å². The molecule has 1 aliphatic heterocycles. The molecule has 2 aromatic carbocycles. The molecule has 1 unspecified atom stereocenters. The molecule has 4 nitrogen and oxygen atoms in total. The zero-order valence-corrected chi connectivity index (χ0v) is 14.8. The van der Waals surface area contributed by atoms with E-state index in [1.807, 2.05) is 13.0 Å². The lowest BCUT2D eigenvalue weighted by molar-refractivity contribution is 0.0766. The van der Waals surface area contributed by atoms with Crippen LogP contribution in [0.25, 0.3) is 0 Å². The first kappa shape index (κ1) is 17.6. The molecule has 0 spiro atoms. The van der Waals surface area contributed by atoms with Crippen LogP contribution in [0.1, 0.15) is 33.2 Å². The van der Waals surface area contributed by atoms with Crippen molar-refractivity contribution >= 4 is 15.7 Å². The molecular formula is C19H20FNO3S. The summed E-state index contributed by atoms with van der Waals surface area (Å²) in [6.07, 6.45) is 0.195. The van der Waals surface area contributed by atoms with Crippen molar-refractivity contribution in [2.24, 2.45) is 0 Å². The van der Waals surface area contributed by atoms with Gasteiger partial charge in [-0.3, -0.25) is 4.79 Å². The number of hydrogen-bond acceptors (Lipinski definition) is 3. The second kappa shape index (κ2) is 6.96. The summed E-state index contributed by atoms with van der Waals surface area (Å²) in [7, 11) is -3.53. The summed E-state index contributed by atoms with van der Waals surface area (Å²) in [6.45, 7) is 2.31. The van der Waals surface area contributed by atoms with Crippen molar-refractivity contribution in [1.82, 2.24) is 4.90 Å². The molecule has 1 atom stereocenters. The van der Waals surface area contributed by atoms with Gasteiger partial charge in [-0.15, -0.1) is 0 Å². The average Bonchev–Trinajstić information content (AvgIpc) is 2.73. The van der Waals surface area contributed by atoms with Crippen LogP contribution in [0.5, 0.6) is 0 Å². The molecule has 0 bridgehead atoms. The molecule has 132 valence electrons. The number of halogens is 1. The Kier molecular flexibility index (Phi) is 4.90. The molecule has 0 saturated carbocycles. The van der Waals surface area contributed by atoms with E-state index in [1.54, 1.807) is 29.2 Å². The van der Waals surface area contributed by atoms with Gasteiger partial charge in [0.2, 0.25) is 0 Å². The van der Waals surface area contributed by atoms with Gasteiger partial charge in [-0.25, -0.2) is 12.8 Å². The zero-order valence-electron chi connectivity index (χ0n) is 14.0. The summed E-state index contributed by atoms with van der Waals surface area (Å²) in [4.78, 5) is 14.2. The molecule has 0 aliphatic carbocycles. The predicted molar refractivity (Wildman–Crippen MR) is 94.6 cm³/mol. The van der Waals surface area contributed by atoms with Gasteiger partial charge in [0.05, 0.1) is 11.0 Å². The van der Waals surface area contributed by atoms with Crippen LogP contribution < -0.4 is 0 Å². The van der Waals surface area contributed by atoms with Gasteiger partial charge in [0.15, 0.2) is 9.84 Å². The largest absolute Gasteiger partial charge is 0.338 e. The molecule has 6 heteroatoms. The van der Waals surface area contributed by atoms with Crippen molar-refractivity contribution in [3.05, 3.63) is 71.0 Å². The lowest BCUT2D eigenvalue weighted by atomic mass is 10.1. The maximum atomic E-state index is 14.1. The van der Waals surface area contributed by atoms with Gasteiger partial charge >= 0.3 is 0 Å². The maximum Gasteiger partial charge on any atom is 0.253 e. The minimum Gasteiger partial charge on any atom is -0.338 e. The van der Waals surface area contributed by atoms with Crippen LogP contribution in [0, 0.1) is 12.7 Å². The number of benzene rings is 2. The lowest BCUT2D eigenvalue weighted by Crippen LogP contribution is -2.33. The average molecular weight is 361 g/mol. The number of carbonyl (C=O) groups is 1. The number of hydrogen-bond donors (Lipinski definition) is 0. The lowest BCUT2D eigenvalue weighted by Gasteiger charge is -2.20. The Morgan fingerprint density at radius 2 is 1.88 bits per heavy atom. The molecule has 25 heavy (non-hydrogen) atoms. The fraction of sp³-hybridized carbons (Fsp3) is 0.316. The Hall–Kier alpha value is -2.21. The third-order valence-corrected chi connectivity index (χ3v) is 6.65. The number of rotatable bonds is 2. The Labute approximate surface area is 147 Å². The zero-order chi connectivity index (χ0) is 18.0. The van der Waals surface area contributed by atoms with Crippen LogP contribution in [0.4, 0.5) is 4.39 Å². The molecule has 1 aliphatic rings. The molecule has 1 fully saturated rings. The summed E-state index contributed by atoms with van der Waals surface area (Å²) < 4.78 is 39.3. The Balaban J connectivity index is 1.85. The standard InChI is InChI=1S/C19H20FNO3S/c1-14-5-4-6-15(13-14)19(22)21-10-9-18(25(23,24)12-11-21)16-7-2-3-8-17(16)20/h2-8,13,18H,9-12H2,1H3. The van der Waals surface area contributed by atoms with E-state index in [0.717, 1.165) is 5.56 Å². The highest BCUT2D eigenvalue weighted by molar-refractivity contribution is 7.91. The van der Waals surface area contributed by atoms with E-state index in [9.17, 15) is 17.6 Å². The quantitative estimate of drug-likeness (QED) is 0.826. The van der Waals surface area contributed by atoms with E-state index in [4.69, 9.17) is 0 Å². The molecule has 2 aromatic rings. The highest BCUT2D eigenvalue weighted by Crippen LogP contribution is 2.31. The van der Waals surface area contributed by atoms with Gasteiger partial charge in [-0.2, -0.15) is 0 Å². The van der Waals surface area contributed by atoms with Gasteiger partial charge in [-0.05, 0) is 31.5 Å². The van der Waals surface area contributed by atoms with Crippen molar-refractivity contribution in [1.29, 1.82) is 0 Å². The highest BCUT2D eigenvalue weighted by atomic mass is 32.2. The van der Waals surface area contributed by atoms with E-state index >= 15 is 0 Å². The minimum atomic E-state index is -3.53. The molecule has 1 amide bonds. The van der Waals surface area contributed by atoms with Gasteiger partial charge in [0.1, 0.15) is 5.82 Å². The minimum absolute atomic E-state index is 0.125. The maximum absolute atomic E-state index is 14.1. The molecule has 1 saturated heterocycles. The van der Waals surface area contributed by atoms with Gasteiger partial charge in [-0.1, -0.05) is 35.9 Å². The fourth-order valence-electron chi connectivity index (χ4n) is 3.19. The molecule has 0 aromatic heterocycles. The summed E-state index contributed by atoms with van der Waals surface area (Å²) >= 11 is 0. The summed E-state index contributed by atoms with van der Waals surface area (Å²) in [5, 5.41) is -0.913. The number of amides is 1.